The maximum absolute atomic E-state index is 12.5. The summed E-state index contributed by atoms with van der Waals surface area (Å²) in [6, 6.07) is 13.1. The fourth-order valence-corrected chi connectivity index (χ4v) is 3.92. The van der Waals surface area contributed by atoms with E-state index in [4.69, 9.17) is 0 Å². The Morgan fingerprint density at radius 3 is 2.75 bits per heavy atom. The number of aliphatic imine (C=N–C) groups is 1. The molecule has 1 fully saturated rings. The Kier molecular flexibility index (Phi) is 5.10. The lowest BCUT2D eigenvalue weighted by molar-refractivity contribution is -0.117. The largest absolute Gasteiger partial charge is 0.322 e. The maximum atomic E-state index is 12.5. The van der Waals surface area contributed by atoms with E-state index in [9.17, 15) is 9.59 Å². The van der Waals surface area contributed by atoms with Crippen molar-refractivity contribution in [3.8, 4) is 0 Å². The van der Waals surface area contributed by atoms with E-state index in [-0.39, 0.29) is 5.91 Å². The molecule has 1 atom stereocenters. The van der Waals surface area contributed by atoms with Gasteiger partial charge < -0.3 is 16.0 Å². The molecule has 0 saturated heterocycles. The molecule has 0 spiro atoms. The van der Waals surface area contributed by atoms with E-state index in [2.05, 4.69) is 27.0 Å². The second-order valence-electron chi connectivity index (χ2n) is 7.47. The molecular weight excluding hydrogens is 352 g/mol. The van der Waals surface area contributed by atoms with Crippen molar-refractivity contribution in [3.05, 3.63) is 59.2 Å². The molecule has 1 saturated carbocycles. The zero-order valence-corrected chi connectivity index (χ0v) is 15.9. The molecule has 6 heteroatoms. The Morgan fingerprint density at radius 1 is 1.14 bits per heavy atom. The highest BCUT2D eigenvalue weighted by molar-refractivity contribution is 6.05. The Balaban J connectivity index is 1.44. The van der Waals surface area contributed by atoms with Crippen molar-refractivity contribution in [2.45, 2.75) is 44.7 Å². The molecular formula is C22H24N4O2. The van der Waals surface area contributed by atoms with Crippen LogP contribution in [-0.4, -0.2) is 24.3 Å². The third-order valence-electron chi connectivity index (χ3n) is 5.28. The van der Waals surface area contributed by atoms with Crippen LogP contribution in [0.1, 0.15) is 48.3 Å². The minimum atomic E-state index is -0.980. The van der Waals surface area contributed by atoms with Crippen LogP contribution < -0.4 is 16.0 Å². The second kappa shape index (κ2) is 7.84. The van der Waals surface area contributed by atoms with Crippen molar-refractivity contribution < 1.29 is 9.59 Å². The average Bonchev–Trinajstić information content (AvgIpc) is 3.15. The van der Waals surface area contributed by atoms with Crippen molar-refractivity contribution in [2.24, 2.45) is 4.99 Å². The number of fused-ring (bicyclic) bond motifs is 1. The van der Waals surface area contributed by atoms with Crippen LogP contribution in [0, 0.1) is 6.92 Å². The van der Waals surface area contributed by atoms with Gasteiger partial charge in [0.25, 0.3) is 5.91 Å². The van der Waals surface area contributed by atoms with E-state index < -0.39 is 12.2 Å². The molecule has 144 valence electrons. The molecule has 1 unspecified atom stereocenters. The van der Waals surface area contributed by atoms with Crippen LogP contribution in [0.2, 0.25) is 0 Å². The number of hydrogen-bond donors (Lipinski definition) is 3. The molecule has 6 nitrogen and oxygen atoms in total. The van der Waals surface area contributed by atoms with Crippen molar-refractivity contribution in [2.75, 3.05) is 10.6 Å². The summed E-state index contributed by atoms with van der Waals surface area (Å²) >= 11 is 0. The van der Waals surface area contributed by atoms with E-state index in [1.54, 1.807) is 12.3 Å². The van der Waals surface area contributed by atoms with E-state index in [1.165, 1.54) is 31.2 Å². The van der Waals surface area contributed by atoms with Crippen LogP contribution in [0.25, 0.3) is 0 Å². The summed E-state index contributed by atoms with van der Waals surface area (Å²) in [5.74, 6) is 0.200. The summed E-state index contributed by atoms with van der Waals surface area (Å²) in [4.78, 5) is 29.1. The lowest BCUT2D eigenvalue weighted by Gasteiger charge is -2.16. The molecule has 0 bridgehead atoms. The highest BCUT2D eigenvalue weighted by Crippen LogP contribution is 2.35. The van der Waals surface area contributed by atoms with E-state index in [0.29, 0.717) is 11.6 Å². The molecule has 1 aliphatic heterocycles. The third kappa shape index (κ3) is 4.06. The topological polar surface area (TPSA) is 82.6 Å². The standard InChI is InChI=1S/C22H24N4O2/c1-14-10-17(15-6-2-3-7-15)12-18(11-14)24-22(28)26-20-21(27)25-19-9-5-4-8-16(19)13-23-20/h4-5,8-13,15,20H,2-3,6-7H2,1H3,(H,25,27)(H2,24,26,28). The number of para-hydroxylation sites is 1. The number of aryl methyl sites for hydroxylation is 1. The van der Waals surface area contributed by atoms with Gasteiger partial charge in [-0.25, -0.2) is 4.79 Å². The second-order valence-corrected chi connectivity index (χ2v) is 7.47. The number of benzodiazepines with no additional fused rings is 1. The molecule has 3 amide bonds. The first-order valence-corrected chi connectivity index (χ1v) is 9.71. The Morgan fingerprint density at radius 2 is 1.93 bits per heavy atom. The van der Waals surface area contributed by atoms with Crippen LogP contribution in [0.3, 0.4) is 0 Å². The Labute approximate surface area is 164 Å². The summed E-state index contributed by atoms with van der Waals surface area (Å²) < 4.78 is 0. The number of carbonyl (C=O) groups is 2. The monoisotopic (exact) mass is 376 g/mol. The molecule has 2 aliphatic rings. The number of nitrogens with one attached hydrogen (secondary N) is 3. The molecule has 4 rings (SSSR count). The van der Waals surface area contributed by atoms with Gasteiger partial charge in [0, 0.05) is 23.2 Å². The Bertz CT molecular complexity index is 932. The van der Waals surface area contributed by atoms with Crippen molar-refractivity contribution in [1.29, 1.82) is 0 Å². The molecule has 0 aromatic heterocycles. The fraction of sp³-hybridized carbons (Fsp3) is 0.318. The molecule has 1 aliphatic carbocycles. The number of benzene rings is 2. The first-order valence-electron chi connectivity index (χ1n) is 9.71. The average molecular weight is 376 g/mol. The van der Waals surface area contributed by atoms with Gasteiger partial charge in [-0.1, -0.05) is 37.1 Å². The van der Waals surface area contributed by atoms with E-state index >= 15 is 0 Å². The fourth-order valence-electron chi connectivity index (χ4n) is 3.92. The molecule has 2 aromatic rings. The first kappa shape index (κ1) is 18.2. The third-order valence-corrected chi connectivity index (χ3v) is 5.28. The van der Waals surface area contributed by atoms with E-state index in [0.717, 1.165) is 16.8 Å². The SMILES string of the molecule is Cc1cc(NC(=O)NC2N=Cc3ccccc3NC2=O)cc(C2CCCC2)c1. The van der Waals surface area contributed by atoms with Gasteiger partial charge in [0.1, 0.15) is 0 Å². The number of nitrogens with zero attached hydrogens (tertiary/aromatic N) is 1. The molecule has 3 N–H and O–H groups in total. The smallest absolute Gasteiger partial charge is 0.321 e. The van der Waals surface area contributed by atoms with Crippen LogP contribution >= 0.6 is 0 Å². The minimum absolute atomic E-state index is 0.368. The van der Waals surface area contributed by atoms with Crippen molar-refractivity contribution in [3.63, 3.8) is 0 Å². The first-order chi connectivity index (χ1) is 13.6. The van der Waals surface area contributed by atoms with Gasteiger partial charge in [-0.3, -0.25) is 9.79 Å². The summed E-state index contributed by atoms with van der Waals surface area (Å²) in [6.45, 7) is 2.03. The summed E-state index contributed by atoms with van der Waals surface area (Å²) in [6.07, 6.45) is 5.55. The highest BCUT2D eigenvalue weighted by Gasteiger charge is 2.23. The molecule has 2 aromatic carbocycles. The van der Waals surface area contributed by atoms with Gasteiger partial charge in [-0.15, -0.1) is 0 Å². The van der Waals surface area contributed by atoms with Gasteiger partial charge in [-0.2, -0.15) is 0 Å². The molecule has 28 heavy (non-hydrogen) atoms. The summed E-state index contributed by atoms with van der Waals surface area (Å²) in [5.41, 5.74) is 4.61. The van der Waals surface area contributed by atoms with Crippen LogP contribution in [0.4, 0.5) is 16.2 Å². The lowest BCUT2D eigenvalue weighted by Crippen LogP contribution is -2.44. The zero-order chi connectivity index (χ0) is 19.5. The quantitative estimate of drug-likeness (QED) is 0.751. The van der Waals surface area contributed by atoms with E-state index in [1.807, 2.05) is 37.3 Å². The van der Waals surface area contributed by atoms with Crippen LogP contribution in [0.15, 0.2) is 47.5 Å². The minimum Gasteiger partial charge on any atom is -0.322 e. The van der Waals surface area contributed by atoms with Gasteiger partial charge in [0.15, 0.2) is 0 Å². The van der Waals surface area contributed by atoms with Gasteiger partial charge >= 0.3 is 6.03 Å². The predicted octanol–water partition coefficient (Wildman–Crippen LogP) is 4.17. The Hall–Kier alpha value is -3.15. The number of hydrogen-bond acceptors (Lipinski definition) is 3. The predicted molar refractivity (Wildman–Crippen MR) is 111 cm³/mol. The number of carbonyl (C=O) groups excluding carboxylic acids is 2. The zero-order valence-electron chi connectivity index (χ0n) is 15.9. The highest BCUT2D eigenvalue weighted by atomic mass is 16.2. The maximum Gasteiger partial charge on any atom is 0.321 e. The summed E-state index contributed by atoms with van der Waals surface area (Å²) in [7, 11) is 0. The number of anilines is 2. The van der Waals surface area contributed by atoms with Crippen molar-refractivity contribution >= 4 is 29.5 Å². The number of amides is 3. The van der Waals surface area contributed by atoms with Crippen molar-refractivity contribution in [1.82, 2.24) is 5.32 Å². The van der Waals surface area contributed by atoms with Gasteiger partial charge in [0.2, 0.25) is 6.17 Å². The normalized spacial score (nSPS) is 18.9. The van der Waals surface area contributed by atoms with Gasteiger partial charge in [0.05, 0.1) is 0 Å². The van der Waals surface area contributed by atoms with Crippen LogP contribution in [-0.2, 0) is 4.79 Å². The molecule has 0 radical (unpaired) electrons. The summed E-state index contributed by atoms with van der Waals surface area (Å²) in [5, 5.41) is 8.28. The number of rotatable bonds is 3. The lowest BCUT2D eigenvalue weighted by atomic mass is 9.95. The van der Waals surface area contributed by atoms with Crippen LogP contribution in [0.5, 0.6) is 0 Å². The molecule has 1 heterocycles. The number of urea groups is 1. The van der Waals surface area contributed by atoms with Gasteiger partial charge in [-0.05, 0) is 55.0 Å².